The van der Waals surface area contributed by atoms with Gasteiger partial charge in [-0.2, -0.15) is 31.6 Å². The fourth-order valence-electron chi connectivity index (χ4n) is 7.37. The highest BCUT2D eigenvalue weighted by atomic mass is 19.4. The van der Waals surface area contributed by atoms with Crippen LogP contribution in [0.3, 0.4) is 0 Å². The molecule has 1 amide bonds. The van der Waals surface area contributed by atoms with Gasteiger partial charge in [0, 0.05) is 75.5 Å². The Bertz CT molecular complexity index is 1470. The molecule has 3 aliphatic heterocycles. The van der Waals surface area contributed by atoms with Gasteiger partial charge >= 0.3 is 12.4 Å². The van der Waals surface area contributed by atoms with Crippen LogP contribution in [0.4, 0.5) is 26.3 Å². The van der Waals surface area contributed by atoms with E-state index in [0.29, 0.717) is 43.4 Å². The minimum atomic E-state index is -5.04. The second-order valence-electron chi connectivity index (χ2n) is 13.5. The van der Waals surface area contributed by atoms with Gasteiger partial charge in [-0.1, -0.05) is 30.3 Å². The summed E-state index contributed by atoms with van der Waals surface area (Å²) in [5.41, 5.74) is -2.67. The number of likely N-dealkylation sites (tertiary alicyclic amines) is 2. The van der Waals surface area contributed by atoms with Crippen LogP contribution in [0.15, 0.2) is 53.5 Å². The predicted molar refractivity (Wildman–Crippen MR) is 173 cm³/mol. The van der Waals surface area contributed by atoms with Crippen molar-refractivity contribution in [2.75, 3.05) is 45.8 Å². The second kappa shape index (κ2) is 15.4. The van der Waals surface area contributed by atoms with E-state index in [2.05, 4.69) is 25.0 Å². The number of alkyl halides is 6. The van der Waals surface area contributed by atoms with Crippen LogP contribution in [-0.4, -0.2) is 101 Å². The van der Waals surface area contributed by atoms with Crippen molar-refractivity contribution in [3.8, 4) is 6.19 Å². The largest absolute Gasteiger partial charge is 0.416 e. The molecule has 1 N–H and O–H groups in total. The van der Waals surface area contributed by atoms with Crippen LogP contribution in [0.2, 0.25) is 0 Å². The number of nitrogens with one attached hydrogen (secondary N) is 1. The van der Waals surface area contributed by atoms with E-state index in [-0.39, 0.29) is 24.7 Å². The predicted octanol–water partition coefficient (Wildman–Crippen LogP) is 5.86. The molecule has 3 fully saturated rings. The molecule has 3 saturated heterocycles. The zero-order valence-electron chi connectivity index (χ0n) is 27.8. The van der Waals surface area contributed by atoms with Gasteiger partial charge < -0.3 is 15.1 Å². The molecule has 0 bridgehead atoms. The van der Waals surface area contributed by atoms with Crippen LogP contribution >= 0.6 is 0 Å². The first-order valence-corrected chi connectivity index (χ1v) is 16.8. The number of hydrogen-bond acceptors (Lipinski definition) is 5. The Morgan fingerprint density at radius 2 is 1.51 bits per heavy atom. The highest BCUT2D eigenvalue weighted by Gasteiger charge is 2.40. The zero-order valence-corrected chi connectivity index (χ0v) is 27.8. The SMILES string of the molecule is CC(C)N/C(=N\C#N)N1CCCC(N2CCN(C3CCN(C(=O)c4cc(C(F)(F)F)cc(C(F)(F)F)c4)C(Cc4ccccc4)C3)CC2)C1. The molecule has 266 valence electrons. The van der Waals surface area contributed by atoms with Crippen molar-refractivity contribution in [2.45, 2.75) is 82.5 Å². The molecular weight excluding hydrogens is 648 g/mol. The Labute approximate surface area is 283 Å². The molecule has 3 atom stereocenters. The summed E-state index contributed by atoms with van der Waals surface area (Å²) in [6, 6.07) is 10.7. The zero-order chi connectivity index (χ0) is 35.3. The van der Waals surface area contributed by atoms with Crippen molar-refractivity contribution < 1.29 is 31.1 Å². The maximum absolute atomic E-state index is 13.8. The van der Waals surface area contributed by atoms with Crippen molar-refractivity contribution in [1.82, 2.24) is 24.9 Å². The molecule has 5 rings (SSSR count). The first-order valence-electron chi connectivity index (χ1n) is 16.8. The summed E-state index contributed by atoms with van der Waals surface area (Å²) in [5, 5.41) is 12.5. The van der Waals surface area contributed by atoms with Crippen molar-refractivity contribution in [3.05, 3.63) is 70.8 Å². The minimum Gasteiger partial charge on any atom is -0.353 e. The Morgan fingerprint density at radius 3 is 2.08 bits per heavy atom. The van der Waals surface area contributed by atoms with Gasteiger partial charge in [0.15, 0.2) is 0 Å². The number of rotatable bonds is 6. The Kier molecular flexibility index (Phi) is 11.4. The fourth-order valence-corrected chi connectivity index (χ4v) is 7.37. The Hall–Kier alpha value is -3.83. The Morgan fingerprint density at radius 1 is 0.898 bits per heavy atom. The number of guanidine groups is 1. The van der Waals surface area contributed by atoms with Gasteiger partial charge in [0.25, 0.3) is 5.91 Å². The van der Waals surface area contributed by atoms with Gasteiger partial charge in [-0.15, -0.1) is 4.99 Å². The summed E-state index contributed by atoms with van der Waals surface area (Å²) in [6.45, 7) is 9.13. The lowest BCUT2D eigenvalue weighted by atomic mass is 9.90. The maximum Gasteiger partial charge on any atom is 0.416 e. The molecule has 3 unspecified atom stereocenters. The number of halogens is 6. The van der Waals surface area contributed by atoms with Gasteiger partial charge in [0.1, 0.15) is 0 Å². The van der Waals surface area contributed by atoms with Crippen LogP contribution in [0.5, 0.6) is 0 Å². The molecule has 3 heterocycles. The standard InChI is InChI=1S/C35H43F6N7O/c1-24(2)44-33(43-23-42)47-11-6-9-30(22-47)46-15-13-45(14-16-46)29-10-12-48(31(21-29)17-25-7-4-3-5-8-25)32(49)26-18-27(34(36,37)38)20-28(19-26)35(39,40)41/h3-5,7-8,18-20,24,29-31H,6,9-17,21-22H2,1-2H3,(H,43,44). The molecule has 2 aromatic carbocycles. The summed E-state index contributed by atoms with van der Waals surface area (Å²) in [7, 11) is 0. The third-order valence-electron chi connectivity index (χ3n) is 9.75. The van der Waals surface area contributed by atoms with Crippen LogP contribution in [0.25, 0.3) is 0 Å². The van der Waals surface area contributed by atoms with E-state index in [0.717, 1.165) is 57.7 Å². The number of amides is 1. The van der Waals surface area contributed by atoms with E-state index in [1.807, 2.05) is 50.4 Å². The van der Waals surface area contributed by atoms with E-state index >= 15 is 0 Å². The summed E-state index contributed by atoms with van der Waals surface area (Å²) in [4.78, 5) is 26.3. The number of hydrogen-bond donors (Lipinski definition) is 1. The van der Waals surface area contributed by atoms with Gasteiger partial charge in [0.05, 0.1) is 11.1 Å². The average Bonchev–Trinajstić information content (AvgIpc) is 3.07. The van der Waals surface area contributed by atoms with E-state index in [9.17, 15) is 36.4 Å². The number of aliphatic imine (C=N–C) groups is 1. The van der Waals surface area contributed by atoms with Gasteiger partial charge in [0.2, 0.25) is 12.2 Å². The minimum absolute atomic E-state index is 0.0519. The molecule has 0 radical (unpaired) electrons. The number of benzene rings is 2. The summed E-state index contributed by atoms with van der Waals surface area (Å²) >= 11 is 0. The van der Waals surface area contributed by atoms with Crippen molar-refractivity contribution in [2.24, 2.45) is 4.99 Å². The molecule has 0 aromatic heterocycles. The summed E-state index contributed by atoms with van der Waals surface area (Å²) in [6.07, 6.45) is -4.59. The normalized spacial score (nSPS) is 23.4. The molecule has 3 aliphatic rings. The van der Waals surface area contributed by atoms with Crippen LogP contribution < -0.4 is 5.32 Å². The van der Waals surface area contributed by atoms with Crippen LogP contribution in [-0.2, 0) is 18.8 Å². The number of nitriles is 1. The second-order valence-corrected chi connectivity index (χ2v) is 13.5. The topological polar surface area (TPSA) is 78.2 Å². The van der Waals surface area contributed by atoms with Crippen LogP contribution in [0, 0.1) is 11.5 Å². The van der Waals surface area contributed by atoms with Gasteiger partial charge in [-0.05, 0) is 69.7 Å². The van der Waals surface area contributed by atoms with Crippen molar-refractivity contribution in [1.29, 1.82) is 5.26 Å². The first kappa shape index (κ1) is 36.5. The van der Waals surface area contributed by atoms with Gasteiger partial charge in [-0.3, -0.25) is 14.6 Å². The van der Waals surface area contributed by atoms with Gasteiger partial charge in [-0.25, -0.2) is 0 Å². The maximum atomic E-state index is 13.8. The van der Waals surface area contributed by atoms with E-state index in [4.69, 9.17) is 0 Å². The number of carbonyl (C=O) groups excluding carboxylic acids is 1. The molecule has 8 nitrogen and oxygen atoms in total. The van der Waals surface area contributed by atoms with E-state index < -0.39 is 41.0 Å². The van der Waals surface area contributed by atoms with Crippen molar-refractivity contribution >= 4 is 11.9 Å². The number of nitrogens with zero attached hydrogens (tertiary/aromatic N) is 6. The van der Waals surface area contributed by atoms with Crippen LogP contribution in [0.1, 0.15) is 66.6 Å². The number of carbonyl (C=O) groups is 1. The molecule has 0 saturated carbocycles. The van der Waals surface area contributed by atoms with E-state index in [1.54, 1.807) is 0 Å². The molecule has 49 heavy (non-hydrogen) atoms. The quantitative estimate of drug-likeness (QED) is 0.177. The van der Waals surface area contributed by atoms with E-state index in [1.165, 1.54) is 4.90 Å². The monoisotopic (exact) mass is 691 g/mol. The molecule has 0 aliphatic carbocycles. The lowest BCUT2D eigenvalue weighted by Crippen LogP contribution is -2.60. The third kappa shape index (κ3) is 9.25. The molecule has 2 aromatic rings. The molecule has 0 spiro atoms. The highest BCUT2D eigenvalue weighted by Crippen LogP contribution is 2.37. The molecule has 14 heteroatoms. The first-order chi connectivity index (χ1) is 23.2. The molecular formula is C35H43F6N7O. The number of piperidine rings is 2. The average molecular weight is 692 g/mol. The number of piperazine rings is 1. The Balaban J connectivity index is 1.28. The summed E-state index contributed by atoms with van der Waals surface area (Å²) in [5.74, 6) is -0.222. The fraction of sp³-hybridized carbons (Fsp3) is 0.571. The lowest BCUT2D eigenvalue weighted by molar-refractivity contribution is -0.143. The van der Waals surface area contributed by atoms with Crippen molar-refractivity contribution in [3.63, 3.8) is 0 Å². The smallest absolute Gasteiger partial charge is 0.353 e. The highest BCUT2D eigenvalue weighted by molar-refractivity contribution is 5.95. The summed E-state index contributed by atoms with van der Waals surface area (Å²) < 4.78 is 81.7. The third-order valence-corrected chi connectivity index (χ3v) is 9.75. The lowest BCUT2D eigenvalue weighted by Gasteiger charge is -2.48.